The number of sulfonamides is 1. The molecule has 0 aliphatic rings. The average molecular weight is 495 g/mol. The summed E-state index contributed by atoms with van der Waals surface area (Å²) >= 11 is 0. The van der Waals surface area contributed by atoms with E-state index >= 15 is 0 Å². The number of hydrogen-bond acceptors (Lipinski definition) is 5. The molecule has 0 spiro atoms. The second-order valence-electron chi connectivity index (χ2n) is 7.30. The van der Waals surface area contributed by atoms with Crippen LogP contribution in [-0.4, -0.2) is 30.0 Å². The molecular weight excluding hydrogens is 475 g/mol. The molecule has 2 amide bonds. The fraction of sp³-hybridized carbons (Fsp3) is 0.190. The van der Waals surface area contributed by atoms with Crippen molar-refractivity contribution in [2.24, 2.45) is 12.2 Å². The fourth-order valence-corrected chi connectivity index (χ4v) is 3.70. The second kappa shape index (κ2) is 9.65. The van der Waals surface area contributed by atoms with Crippen molar-refractivity contribution in [3.8, 4) is 0 Å². The zero-order chi connectivity index (χ0) is 25.1. The second-order valence-corrected chi connectivity index (χ2v) is 8.87. The van der Waals surface area contributed by atoms with Gasteiger partial charge in [0, 0.05) is 12.6 Å². The van der Waals surface area contributed by atoms with Gasteiger partial charge in [-0.3, -0.25) is 25.1 Å². The Morgan fingerprint density at radius 2 is 1.68 bits per heavy atom. The number of aromatic nitrogens is 2. The summed E-state index contributed by atoms with van der Waals surface area (Å²) in [7, 11) is -2.40. The van der Waals surface area contributed by atoms with Gasteiger partial charge in [-0.2, -0.15) is 18.3 Å². The van der Waals surface area contributed by atoms with Gasteiger partial charge in [-0.15, -0.1) is 0 Å². The Morgan fingerprint density at radius 3 is 2.29 bits per heavy atom. The number of benzene rings is 2. The first-order valence-corrected chi connectivity index (χ1v) is 11.3. The summed E-state index contributed by atoms with van der Waals surface area (Å²) in [6, 6.07) is 9.69. The lowest BCUT2D eigenvalue weighted by atomic mass is 10.0. The quantitative estimate of drug-likeness (QED) is 0.449. The number of halogens is 3. The van der Waals surface area contributed by atoms with Gasteiger partial charge in [0.1, 0.15) is 0 Å². The van der Waals surface area contributed by atoms with E-state index in [1.807, 2.05) is 0 Å². The molecule has 3 rings (SSSR count). The van der Waals surface area contributed by atoms with E-state index < -0.39 is 33.6 Å². The van der Waals surface area contributed by atoms with Gasteiger partial charge in [0.05, 0.1) is 27.9 Å². The molecule has 34 heavy (non-hydrogen) atoms. The zero-order valence-corrected chi connectivity index (χ0v) is 18.6. The van der Waals surface area contributed by atoms with E-state index in [1.54, 1.807) is 7.05 Å². The Morgan fingerprint density at radius 1 is 1.03 bits per heavy atom. The molecule has 9 nitrogen and oxygen atoms in total. The number of primary sulfonamides is 1. The van der Waals surface area contributed by atoms with E-state index in [0.717, 1.165) is 18.2 Å². The number of carbonyl (C=O) groups excluding carboxylic acids is 2. The lowest BCUT2D eigenvalue weighted by molar-refractivity contribution is -0.137. The number of carbonyl (C=O) groups is 2. The van der Waals surface area contributed by atoms with Crippen LogP contribution >= 0.6 is 0 Å². The number of amides is 2. The third kappa shape index (κ3) is 5.99. The molecule has 0 unspecified atom stereocenters. The van der Waals surface area contributed by atoms with Crippen molar-refractivity contribution < 1.29 is 31.2 Å². The average Bonchev–Trinajstić information content (AvgIpc) is 3.15. The van der Waals surface area contributed by atoms with Crippen molar-refractivity contribution in [3.05, 3.63) is 82.7 Å². The topological polar surface area (TPSA) is 136 Å². The number of nitrogens with one attached hydrogen (secondary N) is 2. The van der Waals surface area contributed by atoms with E-state index in [2.05, 4.69) is 16.0 Å². The molecule has 3 aromatic rings. The summed E-state index contributed by atoms with van der Waals surface area (Å²) in [4.78, 5) is 24.6. The van der Waals surface area contributed by atoms with Crippen molar-refractivity contribution in [1.82, 2.24) is 20.6 Å². The van der Waals surface area contributed by atoms with Crippen LogP contribution in [0.1, 0.15) is 37.5 Å². The van der Waals surface area contributed by atoms with Crippen molar-refractivity contribution in [1.29, 1.82) is 0 Å². The summed E-state index contributed by atoms with van der Waals surface area (Å²) in [6.07, 6.45) is -2.47. The molecule has 4 N–H and O–H groups in total. The molecule has 13 heteroatoms. The van der Waals surface area contributed by atoms with Gasteiger partial charge >= 0.3 is 6.18 Å². The largest absolute Gasteiger partial charge is 0.416 e. The number of hydrogen-bond donors (Lipinski definition) is 3. The third-order valence-electron chi connectivity index (χ3n) is 4.95. The van der Waals surface area contributed by atoms with Crippen molar-refractivity contribution in [2.45, 2.75) is 23.9 Å². The van der Waals surface area contributed by atoms with Gasteiger partial charge in [-0.1, -0.05) is 18.2 Å². The van der Waals surface area contributed by atoms with E-state index in [-0.39, 0.29) is 16.0 Å². The van der Waals surface area contributed by atoms with Gasteiger partial charge < -0.3 is 0 Å². The summed E-state index contributed by atoms with van der Waals surface area (Å²) in [5.74, 6) is -1.44. The van der Waals surface area contributed by atoms with Crippen molar-refractivity contribution in [2.75, 3.05) is 0 Å². The van der Waals surface area contributed by atoms with Crippen LogP contribution in [-0.2, 0) is 36.1 Å². The molecule has 180 valence electrons. The predicted molar refractivity (Wildman–Crippen MR) is 115 cm³/mol. The lowest BCUT2D eigenvalue weighted by Gasteiger charge is -2.10. The molecule has 1 aromatic heterocycles. The van der Waals surface area contributed by atoms with Crippen LogP contribution in [0.25, 0.3) is 0 Å². The van der Waals surface area contributed by atoms with E-state index in [9.17, 15) is 31.2 Å². The summed E-state index contributed by atoms with van der Waals surface area (Å²) < 4.78 is 62.5. The first-order chi connectivity index (χ1) is 15.9. The Balaban J connectivity index is 1.65. The molecule has 0 bridgehead atoms. The van der Waals surface area contributed by atoms with Crippen molar-refractivity contribution >= 4 is 21.8 Å². The molecule has 0 saturated heterocycles. The minimum atomic E-state index is -4.42. The highest BCUT2D eigenvalue weighted by molar-refractivity contribution is 7.89. The summed E-state index contributed by atoms with van der Waals surface area (Å²) in [5.41, 5.74) is 4.94. The van der Waals surface area contributed by atoms with Crippen LogP contribution in [0.5, 0.6) is 0 Å². The number of alkyl halides is 3. The monoisotopic (exact) mass is 495 g/mol. The standard InChI is InChI=1S/C21H20F3N5O4S/c1-29-18(10-7-13-5-8-15(9-6-13)21(22,23)24)17(12-26-29)20(31)28-27-19(30)14-3-2-4-16(11-14)34(25,32)33/h2-6,8-9,11-12H,7,10H2,1H3,(H,27,30)(H,28,31)(H2,25,32,33). The number of nitrogens with two attached hydrogens (primary N) is 1. The highest BCUT2D eigenvalue weighted by Crippen LogP contribution is 2.29. The van der Waals surface area contributed by atoms with Gasteiger partial charge in [-0.25, -0.2) is 13.6 Å². The maximum atomic E-state index is 12.7. The summed E-state index contributed by atoms with van der Waals surface area (Å²) in [5, 5.41) is 9.09. The molecule has 0 aliphatic heterocycles. The van der Waals surface area contributed by atoms with Gasteiger partial charge in [0.15, 0.2) is 0 Å². The number of nitrogens with zero attached hydrogens (tertiary/aromatic N) is 2. The van der Waals surface area contributed by atoms with Gasteiger partial charge in [0.25, 0.3) is 11.8 Å². The minimum Gasteiger partial charge on any atom is -0.272 e. The molecule has 0 radical (unpaired) electrons. The molecule has 0 aliphatic carbocycles. The SMILES string of the molecule is Cn1ncc(C(=O)NNC(=O)c2cccc(S(N)(=O)=O)c2)c1CCc1ccc(C(F)(F)F)cc1. The zero-order valence-electron chi connectivity index (χ0n) is 17.8. The van der Waals surface area contributed by atoms with Gasteiger partial charge in [-0.05, 0) is 48.7 Å². The van der Waals surface area contributed by atoms with Crippen LogP contribution in [0.2, 0.25) is 0 Å². The van der Waals surface area contributed by atoms with Crippen LogP contribution < -0.4 is 16.0 Å². The van der Waals surface area contributed by atoms with Crippen molar-refractivity contribution in [3.63, 3.8) is 0 Å². The lowest BCUT2D eigenvalue weighted by Crippen LogP contribution is -2.42. The number of aryl methyl sites for hydroxylation is 2. The maximum absolute atomic E-state index is 12.7. The Labute approximate surface area is 192 Å². The molecular formula is C21H20F3N5O4S. The normalized spacial score (nSPS) is 11.8. The highest BCUT2D eigenvalue weighted by Gasteiger charge is 2.30. The minimum absolute atomic E-state index is 0.0412. The predicted octanol–water partition coefficient (Wildman–Crippen LogP) is 1.95. The molecule has 1 heterocycles. The van der Waals surface area contributed by atoms with Crippen LogP contribution in [0, 0.1) is 0 Å². The highest BCUT2D eigenvalue weighted by atomic mass is 32.2. The summed E-state index contributed by atoms with van der Waals surface area (Å²) in [6.45, 7) is 0. The number of rotatable bonds is 6. The smallest absolute Gasteiger partial charge is 0.272 e. The first kappa shape index (κ1) is 24.9. The fourth-order valence-electron chi connectivity index (χ4n) is 3.14. The first-order valence-electron chi connectivity index (χ1n) is 9.77. The van der Waals surface area contributed by atoms with Crippen LogP contribution in [0.3, 0.4) is 0 Å². The molecule has 0 atom stereocenters. The Kier molecular flexibility index (Phi) is 7.07. The maximum Gasteiger partial charge on any atom is 0.416 e. The van der Waals surface area contributed by atoms with Crippen LogP contribution in [0.4, 0.5) is 13.2 Å². The molecule has 0 saturated carbocycles. The van der Waals surface area contributed by atoms with Crippen LogP contribution in [0.15, 0.2) is 59.6 Å². The molecule has 0 fully saturated rings. The van der Waals surface area contributed by atoms with E-state index in [0.29, 0.717) is 24.1 Å². The number of hydrazine groups is 1. The molecule has 2 aromatic carbocycles. The van der Waals surface area contributed by atoms with Gasteiger partial charge in [0.2, 0.25) is 10.0 Å². The third-order valence-corrected chi connectivity index (χ3v) is 5.86. The Hall–Kier alpha value is -3.71. The van der Waals surface area contributed by atoms with E-state index in [4.69, 9.17) is 5.14 Å². The Bertz CT molecular complexity index is 1320. The van der Waals surface area contributed by atoms with E-state index in [1.165, 1.54) is 41.2 Å².